The zero-order valence-corrected chi connectivity index (χ0v) is 11.1. The highest BCUT2D eigenvalue weighted by Crippen LogP contribution is 2.28. The lowest BCUT2D eigenvalue weighted by molar-refractivity contribution is -0.141. The summed E-state index contributed by atoms with van der Waals surface area (Å²) in [6, 6.07) is 2.77. The van der Waals surface area contributed by atoms with Gasteiger partial charge in [0, 0.05) is 23.5 Å². The lowest BCUT2D eigenvalue weighted by Gasteiger charge is -2.19. The van der Waals surface area contributed by atoms with Crippen molar-refractivity contribution in [2.45, 2.75) is 20.0 Å². The molecule has 0 radical (unpaired) electrons. The molecule has 4 nitrogen and oxygen atoms in total. The van der Waals surface area contributed by atoms with Crippen LogP contribution in [0.3, 0.4) is 0 Å². The first-order valence-corrected chi connectivity index (χ1v) is 6.31. The molecule has 1 aromatic carbocycles. The number of hydrogen-bond acceptors (Lipinski definition) is 3. The molecule has 1 aromatic rings. The minimum atomic E-state index is -1.37. The number of benzene rings is 1. The molecular weight excluding hydrogens is 268 g/mol. The van der Waals surface area contributed by atoms with Gasteiger partial charge in [-0.25, -0.2) is 8.78 Å². The average molecular weight is 283 g/mol. The smallest absolute Gasteiger partial charge is 0.232 e. The van der Waals surface area contributed by atoms with Crippen LogP contribution in [0.25, 0.3) is 0 Å². The predicted octanol–water partition coefficient (Wildman–Crippen LogP) is 1.64. The molecule has 3 unspecified atom stereocenters. The largest absolute Gasteiger partial charge is 0.386 e. The standard InChI is InChI=1S/C14H15F2NO3/c1-7-8(2)14(20)17(13(7)19)6-12(18)10-4-3-9(15)5-11(10)16/h3-5,7-8,12,18H,6H2,1-2H3. The fourth-order valence-electron chi connectivity index (χ4n) is 2.25. The Morgan fingerprint density at radius 3 is 2.25 bits per heavy atom. The molecule has 108 valence electrons. The van der Waals surface area contributed by atoms with Gasteiger partial charge in [0.15, 0.2) is 0 Å². The molecule has 0 spiro atoms. The zero-order chi connectivity index (χ0) is 15.0. The van der Waals surface area contributed by atoms with Gasteiger partial charge in [-0.1, -0.05) is 19.9 Å². The van der Waals surface area contributed by atoms with Crippen LogP contribution in [0.4, 0.5) is 8.78 Å². The first kappa shape index (κ1) is 14.6. The van der Waals surface area contributed by atoms with E-state index < -0.39 is 29.6 Å². The van der Waals surface area contributed by atoms with Crippen molar-refractivity contribution < 1.29 is 23.5 Å². The number of aliphatic hydroxyl groups excluding tert-OH is 1. The lowest BCUT2D eigenvalue weighted by atomic mass is 10.00. The minimum Gasteiger partial charge on any atom is -0.386 e. The number of imide groups is 1. The Morgan fingerprint density at radius 1 is 1.20 bits per heavy atom. The highest BCUT2D eigenvalue weighted by atomic mass is 19.1. The lowest BCUT2D eigenvalue weighted by Crippen LogP contribution is -2.35. The topological polar surface area (TPSA) is 57.6 Å². The summed E-state index contributed by atoms with van der Waals surface area (Å²) < 4.78 is 26.3. The molecular formula is C14H15F2NO3. The highest BCUT2D eigenvalue weighted by Gasteiger charge is 2.42. The van der Waals surface area contributed by atoms with Crippen LogP contribution < -0.4 is 0 Å². The summed E-state index contributed by atoms with van der Waals surface area (Å²) in [5.74, 6) is -3.33. The summed E-state index contributed by atoms with van der Waals surface area (Å²) in [6.07, 6.45) is -1.37. The van der Waals surface area contributed by atoms with Crippen LogP contribution in [-0.4, -0.2) is 28.4 Å². The molecule has 0 bridgehead atoms. The summed E-state index contributed by atoms with van der Waals surface area (Å²) in [6.45, 7) is 2.94. The fourth-order valence-corrected chi connectivity index (χ4v) is 2.25. The van der Waals surface area contributed by atoms with Gasteiger partial charge in [-0.3, -0.25) is 14.5 Å². The Balaban J connectivity index is 2.18. The Hall–Kier alpha value is -1.82. The SMILES string of the molecule is CC1C(=O)N(CC(O)c2ccc(F)cc2F)C(=O)C1C. The van der Waals surface area contributed by atoms with Crippen molar-refractivity contribution in [1.82, 2.24) is 4.90 Å². The average Bonchev–Trinajstić information content (AvgIpc) is 2.56. The second-order valence-electron chi connectivity index (χ2n) is 5.05. The van der Waals surface area contributed by atoms with Crippen LogP contribution in [0.15, 0.2) is 18.2 Å². The molecule has 2 amide bonds. The van der Waals surface area contributed by atoms with Gasteiger partial charge in [0.05, 0.1) is 12.6 Å². The molecule has 0 aromatic heterocycles. The van der Waals surface area contributed by atoms with Gasteiger partial charge in [-0.2, -0.15) is 0 Å². The predicted molar refractivity (Wildman–Crippen MR) is 66.4 cm³/mol. The number of β-amino-alcohol motifs (C(OH)–C–C–N with tert-alkyl or cyclic N) is 1. The number of aliphatic hydroxyl groups is 1. The molecule has 0 aliphatic carbocycles. The van der Waals surface area contributed by atoms with E-state index in [0.717, 1.165) is 17.0 Å². The van der Waals surface area contributed by atoms with E-state index in [9.17, 15) is 23.5 Å². The van der Waals surface area contributed by atoms with E-state index in [1.165, 1.54) is 0 Å². The van der Waals surface area contributed by atoms with Gasteiger partial charge in [0.25, 0.3) is 0 Å². The van der Waals surface area contributed by atoms with E-state index in [-0.39, 0.29) is 23.9 Å². The number of hydrogen-bond donors (Lipinski definition) is 1. The van der Waals surface area contributed by atoms with Gasteiger partial charge in [0.2, 0.25) is 11.8 Å². The Labute approximate surface area is 115 Å². The highest BCUT2D eigenvalue weighted by molar-refractivity contribution is 6.04. The number of carbonyl (C=O) groups excluding carboxylic acids is 2. The van der Waals surface area contributed by atoms with Crippen molar-refractivity contribution in [1.29, 1.82) is 0 Å². The number of amides is 2. The molecule has 1 saturated heterocycles. The van der Waals surface area contributed by atoms with Crippen LogP contribution in [-0.2, 0) is 9.59 Å². The van der Waals surface area contributed by atoms with Crippen molar-refractivity contribution in [2.24, 2.45) is 11.8 Å². The molecule has 1 fully saturated rings. The van der Waals surface area contributed by atoms with Gasteiger partial charge in [-0.05, 0) is 6.07 Å². The first-order valence-electron chi connectivity index (χ1n) is 6.31. The third-order valence-corrected chi connectivity index (χ3v) is 3.74. The van der Waals surface area contributed by atoms with E-state index >= 15 is 0 Å². The molecule has 1 aliphatic rings. The maximum atomic E-state index is 13.5. The van der Waals surface area contributed by atoms with E-state index in [4.69, 9.17) is 0 Å². The van der Waals surface area contributed by atoms with E-state index in [2.05, 4.69) is 0 Å². The van der Waals surface area contributed by atoms with Gasteiger partial charge in [-0.15, -0.1) is 0 Å². The number of nitrogens with zero attached hydrogens (tertiary/aromatic N) is 1. The maximum absolute atomic E-state index is 13.5. The van der Waals surface area contributed by atoms with Crippen LogP contribution in [0, 0.1) is 23.5 Å². The summed E-state index contributed by atoms with van der Waals surface area (Å²) in [4.78, 5) is 24.7. The van der Waals surface area contributed by atoms with E-state index in [1.807, 2.05) is 0 Å². The molecule has 1 N–H and O–H groups in total. The van der Waals surface area contributed by atoms with Crippen LogP contribution in [0.1, 0.15) is 25.5 Å². The Morgan fingerprint density at radius 2 is 1.75 bits per heavy atom. The number of carbonyl (C=O) groups is 2. The third-order valence-electron chi connectivity index (χ3n) is 3.74. The Kier molecular flexibility index (Phi) is 3.85. The van der Waals surface area contributed by atoms with Crippen molar-refractivity contribution in [2.75, 3.05) is 6.54 Å². The van der Waals surface area contributed by atoms with Crippen molar-refractivity contribution in [3.63, 3.8) is 0 Å². The third kappa shape index (κ3) is 2.43. The first-order chi connectivity index (χ1) is 9.32. The van der Waals surface area contributed by atoms with Crippen molar-refractivity contribution >= 4 is 11.8 Å². The summed E-state index contributed by atoms with van der Waals surface area (Å²) in [5, 5.41) is 9.95. The van der Waals surface area contributed by atoms with Crippen molar-refractivity contribution in [3.8, 4) is 0 Å². The number of halogens is 2. The quantitative estimate of drug-likeness (QED) is 0.858. The molecule has 3 atom stereocenters. The molecule has 0 saturated carbocycles. The summed E-state index contributed by atoms with van der Waals surface area (Å²) in [7, 11) is 0. The monoisotopic (exact) mass is 283 g/mol. The normalized spacial score (nSPS) is 24.4. The molecule has 2 rings (SSSR count). The van der Waals surface area contributed by atoms with Crippen molar-refractivity contribution in [3.05, 3.63) is 35.4 Å². The number of likely N-dealkylation sites (tertiary alicyclic amines) is 1. The van der Waals surface area contributed by atoms with E-state index in [0.29, 0.717) is 6.07 Å². The molecule has 6 heteroatoms. The Bertz CT molecular complexity index is 541. The zero-order valence-electron chi connectivity index (χ0n) is 11.1. The second-order valence-corrected chi connectivity index (χ2v) is 5.05. The van der Waals surface area contributed by atoms with Gasteiger partial charge < -0.3 is 5.11 Å². The second kappa shape index (κ2) is 5.28. The van der Waals surface area contributed by atoms with Gasteiger partial charge >= 0.3 is 0 Å². The number of rotatable bonds is 3. The van der Waals surface area contributed by atoms with Crippen LogP contribution >= 0.6 is 0 Å². The van der Waals surface area contributed by atoms with Gasteiger partial charge in [0.1, 0.15) is 11.6 Å². The minimum absolute atomic E-state index is 0.140. The van der Waals surface area contributed by atoms with Crippen LogP contribution in [0.5, 0.6) is 0 Å². The molecule has 20 heavy (non-hydrogen) atoms. The maximum Gasteiger partial charge on any atom is 0.232 e. The summed E-state index contributed by atoms with van der Waals surface area (Å²) >= 11 is 0. The summed E-state index contributed by atoms with van der Waals surface area (Å²) in [5.41, 5.74) is -0.140. The van der Waals surface area contributed by atoms with E-state index in [1.54, 1.807) is 13.8 Å². The van der Waals surface area contributed by atoms with Crippen LogP contribution in [0.2, 0.25) is 0 Å². The molecule has 1 aliphatic heterocycles. The fraction of sp³-hybridized carbons (Fsp3) is 0.429. The molecule has 1 heterocycles.